The molecule has 138 valence electrons. The average molecular weight is 542 g/mol. The first-order chi connectivity index (χ1) is 11.2. The summed E-state index contributed by atoms with van der Waals surface area (Å²) in [5.74, 6) is 0. The summed E-state index contributed by atoms with van der Waals surface area (Å²) in [4.78, 5) is 0. The molecule has 0 aromatic heterocycles. The Morgan fingerprint density at radius 1 is 0.522 bits per heavy atom. The van der Waals surface area contributed by atoms with Crippen LogP contribution in [0.1, 0.15) is 59.3 Å². The van der Waals surface area contributed by atoms with E-state index in [9.17, 15) is 0 Å². The fourth-order valence-electron chi connectivity index (χ4n) is 1.40. The van der Waals surface area contributed by atoms with Crippen LogP contribution < -0.4 is 0 Å². The van der Waals surface area contributed by atoms with E-state index in [1.165, 1.54) is 19.3 Å². The Morgan fingerprint density at radius 2 is 0.826 bits per heavy atom. The summed E-state index contributed by atoms with van der Waals surface area (Å²) in [5.41, 5.74) is 0. The van der Waals surface area contributed by atoms with Gasteiger partial charge in [-0.3, -0.25) is 0 Å². The summed E-state index contributed by atoms with van der Waals surface area (Å²) in [5, 5.41) is 0. The quantitative estimate of drug-likeness (QED) is 0.296. The molecule has 0 bridgehead atoms. The molecule has 8 heteroatoms. The standard InChI is InChI=1S/3C4H9O.3CH3O.2In/c3*1-2-3-4-5;3*1-2;;/h3*2-4H2,1H3;3*1H3;;/q6*-1;2*+3. The summed E-state index contributed by atoms with van der Waals surface area (Å²) < 4.78 is 31.7. The Bertz CT molecular complexity index is 179. The van der Waals surface area contributed by atoms with Gasteiger partial charge in [0.25, 0.3) is 0 Å². The van der Waals surface area contributed by atoms with Crippen LogP contribution in [0.25, 0.3) is 0 Å². The van der Waals surface area contributed by atoms with Crippen LogP contribution in [0.15, 0.2) is 0 Å². The molecule has 0 saturated heterocycles. The number of hydrogen-bond acceptors (Lipinski definition) is 6. The van der Waals surface area contributed by atoms with Gasteiger partial charge in [-0.05, 0) is 0 Å². The average Bonchev–Trinajstić information content (AvgIpc) is 2.57. The van der Waals surface area contributed by atoms with Gasteiger partial charge >= 0.3 is 163 Å². The topological polar surface area (TPSA) is 55.4 Å². The third kappa shape index (κ3) is 21.5. The predicted molar refractivity (Wildman–Crippen MR) is 95.1 cm³/mol. The van der Waals surface area contributed by atoms with Crippen LogP contribution >= 0.6 is 0 Å². The van der Waals surface area contributed by atoms with E-state index in [4.69, 9.17) is 17.1 Å². The van der Waals surface area contributed by atoms with Crippen molar-refractivity contribution in [2.45, 2.75) is 59.3 Å². The molecular formula is C15H36In2O6. The van der Waals surface area contributed by atoms with Crippen molar-refractivity contribution in [3.8, 4) is 0 Å². The second kappa shape index (κ2) is 23.5. The molecule has 6 nitrogen and oxygen atoms in total. The maximum absolute atomic E-state index is 5.74. The predicted octanol–water partition coefficient (Wildman–Crippen LogP) is 3.33. The molecule has 0 aliphatic carbocycles. The van der Waals surface area contributed by atoms with Crippen LogP contribution in [-0.2, 0) is 17.1 Å². The third-order valence-electron chi connectivity index (χ3n) is 2.83. The first kappa shape index (κ1) is 26.7. The molecule has 0 atom stereocenters. The van der Waals surface area contributed by atoms with E-state index in [0.29, 0.717) is 0 Å². The fraction of sp³-hybridized carbons (Fsp3) is 1.00. The molecule has 0 rings (SSSR count). The van der Waals surface area contributed by atoms with E-state index in [1.807, 2.05) is 0 Å². The first-order valence-electron chi connectivity index (χ1n) is 8.63. The van der Waals surface area contributed by atoms with E-state index < -0.39 is 45.5 Å². The molecule has 0 heterocycles. The van der Waals surface area contributed by atoms with Gasteiger partial charge in [0.1, 0.15) is 0 Å². The van der Waals surface area contributed by atoms with Crippen molar-refractivity contribution in [1.29, 1.82) is 0 Å². The Balaban J connectivity index is 0. The first-order valence-corrected chi connectivity index (χ1v) is 16.7. The van der Waals surface area contributed by atoms with Crippen LogP contribution in [0.5, 0.6) is 0 Å². The van der Waals surface area contributed by atoms with E-state index in [1.54, 1.807) is 21.3 Å². The van der Waals surface area contributed by atoms with Gasteiger partial charge in [-0.15, -0.1) is 0 Å². The molecule has 0 aromatic rings. The molecule has 0 fully saturated rings. The van der Waals surface area contributed by atoms with Gasteiger partial charge in [-0.1, -0.05) is 0 Å². The van der Waals surface area contributed by atoms with E-state index in [2.05, 4.69) is 20.8 Å². The zero-order chi connectivity index (χ0) is 17.8. The maximum atomic E-state index is 5.74. The van der Waals surface area contributed by atoms with Gasteiger partial charge in [0, 0.05) is 0 Å². The molecule has 0 radical (unpaired) electrons. The van der Waals surface area contributed by atoms with Crippen molar-refractivity contribution in [2.75, 3.05) is 41.2 Å². The molecule has 0 aliphatic heterocycles. The van der Waals surface area contributed by atoms with Gasteiger partial charge in [-0.2, -0.15) is 0 Å². The molecule has 0 spiro atoms. The zero-order valence-corrected chi connectivity index (χ0v) is 22.6. The van der Waals surface area contributed by atoms with Crippen molar-refractivity contribution < 1.29 is 17.1 Å². The van der Waals surface area contributed by atoms with Crippen molar-refractivity contribution in [3.05, 3.63) is 0 Å². The molecule has 0 aliphatic rings. The number of unbranched alkanes of at least 4 members (excludes halogenated alkanes) is 3. The summed E-state index contributed by atoms with van der Waals surface area (Å²) >= 11 is -4.80. The molecule has 0 amide bonds. The van der Waals surface area contributed by atoms with Crippen LogP contribution in [0.2, 0.25) is 0 Å². The van der Waals surface area contributed by atoms with Gasteiger partial charge in [0.05, 0.1) is 0 Å². The van der Waals surface area contributed by atoms with Crippen LogP contribution in [0.4, 0.5) is 0 Å². The number of hydrogen-bond donors (Lipinski definition) is 0. The molecule has 0 N–H and O–H groups in total. The minimum atomic E-state index is -2.53. The van der Waals surface area contributed by atoms with Crippen molar-refractivity contribution in [3.63, 3.8) is 0 Å². The molecule has 23 heavy (non-hydrogen) atoms. The van der Waals surface area contributed by atoms with Crippen molar-refractivity contribution in [2.24, 2.45) is 0 Å². The molecule has 0 aromatic carbocycles. The molecule has 0 saturated carbocycles. The van der Waals surface area contributed by atoms with Gasteiger partial charge in [0.15, 0.2) is 0 Å². The second-order valence-electron chi connectivity index (χ2n) is 4.96. The van der Waals surface area contributed by atoms with E-state index >= 15 is 0 Å². The van der Waals surface area contributed by atoms with Crippen LogP contribution in [0.3, 0.4) is 0 Å². The van der Waals surface area contributed by atoms with Crippen molar-refractivity contribution >= 4 is 45.5 Å². The summed E-state index contributed by atoms with van der Waals surface area (Å²) in [6.07, 6.45) is 6.85. The summed E-state index contributed by atoms with van der Waals surface area (Å²) in [7, 11) is 4.81. The normalized spacial score (nSPS) is 10.2. The molecule has 0 unspecified atom stereocenters. The zero-order valence-electron chi connectivity index (χ0n) is 16.0. The monoisotopic (exact) mass is 542 g/mol. The SMILES string of the molecule is CCCC[O][In]([O]CCCC)[O]CCCC.C[O][In]([O]C)[O]C. The van der Waals surface area contributed by atoms with Crippen molar-refractivity contribution in [1.82, 2.24) is 0 Å². The summed E-state index contributed by atoms with van der Waals surface area (Å²) in [6.45, 7) is 8.96. The third-order valence-corrected chi connectivity index (χ3v) is 10.5. The van der Waals surface area contributed by atoms with Crippen LogP contribution in [0, 0.1) is 0 Å². The second-order valence-corrected chi connectivity index (χ2v) is 15.1. The van der Waals surface area contributed by atoms with E-state index in [-0.39, 0.29) is 0 Å². The summed E-state index contributed by atoms with van der Waals surface area (Å²) in [6, 6.07) is 0. The molecular weight excluding hydrogens is 506 g/mol. The number of rotatable bonds is 15. The Morgan fingerprint density at radius 3 is 1.00 bits per heavy atom. The van der Waals surface area contributed by atoms with Gasteiger partial charge in [0.2, 0.25) is 0 Å². The van der Waals surface area contributed by atoms with E-state index in [0.717, 1.165) is 39.1 Å². The Labute approximate surface area is 162 Å². The fourth-order valence-corrected chi connectivity index (χ4v) is 6.95. The Kier molecular flexibility index (Phi) is 27.3. The Hall–Kier alpha value is 1.50. The van der Waals surface area contributed by atoms with Gasteiger partial charge in [-0.25, -0.2) is 0 Å². The van der Waals surface area contributed by atoms with Gasteiger partial charge < -0.3 is 0 Å². The van der Waals surface area contributed by atoms with Crippen LogP contribution in [-0.4, -0.2) is 86.6 Å². The minimum absolute atomic E-state index is 0.815.